The van der Waals surface area contributed by atoms with E-state index in [1.54, 1.807) is 11.9 Å². The quantitative estimate of drug-likeness (QED) is 0.597. The van der Waals surface area contributed by atoms with Crippen LogP contribution in [0.25, 0.3) is 6.08 Å². The lowest BCUT2D eigenvalue weighted by Gasteiger charge is -2.29. The molecule has 2 aromatic carbocycles. The Morgan fingerprint density at radius 3 is 2.33 bits per heavy atom. The first-order valence-corrected chi connectivity index (χ1v) is 9.89. The third-order valence-electron chi connectivity index (χ3n) is 5.25. The molecule has 0 radical (unpaired) electrons. The first-order valence-electron chi connectivity index (χ1n) is 9.13. The number of allylic oxidation sites excluding steroid dienone is 1. The van der Waals surface area contributed by atoms with E-state index in [0.29, 0.717) is 5.02 Å². The fourth-order valence-electron chi connectivity index (χ4n) is 4.02. The molecule has 1 aliphatic carbocycles. The fourth-order valence-corrected chi connectivity index (χ4v) is 4.27. The molecule has 138 valence electrons. The summed E-state index contributed by atoms with van der Waals surface area (Å²) < 4.78 is 0. The van der Waals surface area contributed by atoms with Crippen LogP contribution in [-0.2, 0) is 4.79 Å². The number of amides is 1. The number of carbonyl (C=O) groups is 1. The van der Waals surface area contributed by atoms with Gasteiger partial charge < -0.3 is 0 Å². The Hall–Kier alpha value is -2.10. The minimum Gasteiger partial charge on any atom is -0.273 e. The molecule has 1 heterocycles. The third kappa shape index (κ3) is 3.67. The summed E-state index contributed by atoms with van der Waals surface area (Å²) in [6.45, 7) is 1.58. The molecule has 2 atom stereocenters. The SMILES string of the molecule is CC(=O)N1N=C2/C(=C\c3ccc(Cl)cc3)CCCC2C1c1ccc(Cl)cc1. The van der Waals surface area contributed by atoms with E-state index < -0.39 is 0 Å². The number of hydrazone groups is 1. The molecular weight excluding hydrogens is 379 g/mol. The van der Waals surface area contributed by atoms with Crippen molar-refractivity contribution in [2.75, 3.05) is 0 Å². The first kappa shape index (κ1) is 18.3. The van der Waals surface area contributed by atoms with E-state index in [4.69, 9.17) is 28.3 Å². The number of hydrogen-bond donors (Lipinski definition) is 0. The summed E-state index contributed by atoms with van der Waals surface area (Å²) in [5.74, 6) is 0.171. The van der Waals surface area contributed by atoms with Gasteiger partial charge in [0.15, 0.2) is 0 Å². The van der Waals surface area contributed by atoms with Crippen LogP contribution in [0.3, 0.4) is 0 Å². The van der Waals surface area contributed by atoms with Gasteiger partial charge in [-0.05, 0) is 66.3 Å². The van der Waals surface area contributed by atoms with Crippen molar-refractivity contribution in [3.63, 3.8) is 0 Å². The predicted octanol–water partition coefficient (Wildman–Crippen LogP) is 6.14. The Labute approximate surface area is 169 Å². The summed E-state index contributed by atoms with van der Waals surface area (Å²) in [5.41, 5.74) is 4.41. The van der Waals surface area contributed by atoms with Crippen molar-refractivity contribution in [2.24, 2.45) is 11.0 Å². The average molecular weight is 399 g/mol. The summed E-state index contributed by atoms with van der Waals surface area (Å²) in [7, 11) is 0. The number of benzene rings is 2. The third-order valence-corrected chi connectivity index (χ3v) is 5.75. The Bertz CT molecular complexity index is 916. The van der Waals surface area contributed by atoms with Gasteiger partial charge in [-0.2, -0.15) is 5.10 Å². The topological polar surface area (TPSA) is 32.7 Å². The molecule has 1 amide bonds. The Morgan fingerprint density at radius 2 is 1.70 bits per heavy atom. The highest BCUT2D eigenvalue weighted by Crippen LogP contribution is 2.44. The van der Waals surface area contributed by atoms with Crippen molar-refractivity contribution in [3.8, 4) is 0 Å². The molecule has 0 N–H and O–H groups in total. The maximum Gasteiger partial charge on any atom is 0.240 e. The van der Waals surface area contributed by atoms with Gasteiger partial charge in [0.25, 0.3) is 0 Å². The molecule has 2 unspecified atom stereocenters. The summed E-state index contributed by atoms with van der Waals surface area (Å²) >= 11 is 12.0. The van der Waals surface area contributed by atoms with E-state index in [-0.39, 0.29) is 17.9 Å². The predicted molar refractivity (Wildman–Crippen MR) is 111 cm³/mol. The normalized spacial score (nSPS) is 23.3. The second-order valence-corrected chi connectivity index (χ2v) is 7.94. The molecule has 1 saturated carbocycles. The minimum absolute atomic E-state index is 0.0392. The molecular formula is C22H20Cl2N2O. The van der Waals surface area contributed by atoms with E-state index in [1.165, 1.54) is 5.57 Å². The second kappa shape index (κ2) is 7.49. The average Bonchev–Trinajstić information content (AvgIpc) is 3.05. The van der Waals surface area contributed by atoms with Crippen LogP contribution in [0.4, 0.5) is 0 Å². The van der Waals surface area contributed by atoms with E-state index in [1.807, 2.05) is 48.5 Å². The van der Waals surface area contributed by atoms with Crippen LogP contribution >= 0.6 is 23.2 Å². The molecule has 3 nitrogen and oxygen atoms in total. The second-order valence-electron chi connectivity index (χ2n) is 7.07. The van der Waals surface area contributed by atoms with Crippen LogP contribution in [-0.4, -0.2) is 16.6 Å². The van der Waals surface area contributed by atoms with Gasteiger partial charge in [-0.15, -0.1) is 0 Å². The smallest absolute Gasteiger partial charge is 0.240 e. The lowest BCUT2D eigenvalue weighted by molar-refractivity contribution is -0.131. The van der Waals surface area contributed by atoms with Crippen LogP contribution < -0.4 is 0 Å². The summed E-state index contributed by atoms with van der Waals surface area (Å²) in [6, 6.07) is 15.5. The van der Waals surface area contributed by atoms with Gasteiger partial charge in [-0.3, -0.25) is 4.79 Å². The van der Waals surface area contributed by atoms with Crippen LogP contribution in [0.1, 0.15) is 43.4 Å². The maximum atomic E-state index is 12.3. The number of fused-ring (bicyclic) bond motifs is 1. The lowest BCUT2D eigenvalue weighted by Crippen LogP contribution is -2.30. The monoisotopic (exact) mass is 398 g/mol. The number of halogens is 2. The Kier molecular flexibility index (Phi) is 5.07. The highest BCUT2D eigenvalue weighted by Gasteiger charge is 2.42. The van der Waals surface area contributed by atoms with Crippen LogP contribution in [0.15, 0.2) is 59.2 Å². The van der Waals surface area contributed by atoms with Crippen LogP contribution in [0.5, 0.6) is 0 Å². The first-order chi connectivity index (χ1) is 13.0. The van der Waals surface area contributed by atoms with Crippen molar-refractivity contribution < 1.29 is 4.79 Å². The van der Waals surface area contributed by atoms with Crippen molar-refractivity contribution in [1.82, 2.24) is 5.01 Å². The molecule has 1 aliphatic heterocycles. The van der Waals surface area contributed by atoms with Gasteiger partial charge in [-0.25, -0.2) is 5.01 Å². The number of nitrogens with zero attached hydrogens (tertiary/aromatic N) is 2. The zero-order valence-electron chi connectivity index (χ0n) is 15.0. The van der Waals surface area contributed by atoms with Crippen molar-refractivity contribution in [1.29, 1.82) is 0 Å². The summed E-state index contributed by atoms with van der Waals surface area (Å²) in [6.07, 6.45) is 5.24. The molecule has 1 fully saturated rings. The number of carbonyl (C=O) groups excluding carboxylic acids is 1. The molecule has 0 saturated heterocycles. The Balaban J connectivity index is 1.72. The minimum atomic E-state index is -0.0660. The fraction of sp³-hybridized carbons (Fsp3) is 0.273. The van der Waals surface area contributed by atoms with Crippen molar-refractivity contribution in [2.45, 2.75) is 32.2 Å². The van der Waals surface area contributed by atoms with Gasteiger partial charge in [0.1, 0.15) is 0 Å². The highest BCUT2D eigenvalue weighted by molar-refractivity contribution is 6.30. The summed E-state index contributed by atoms with van der Waals surface area (Å²) in [5, 5.41) is 7.82. The molecule has 0 spiro atoms. The molecule has 2 aromatic rings. The molecule has 27 heavy (non-hydrogen) atoms. The Morgan fingerprint density at radius 1 is 1.07 bits per heavy atom. The highest BCUT2D eigenvalue weighted by atomic mass is 35.5. The molecule has 0 bridgehead atoms. The van der Waals surface area contributed by atoms with Crippen molar-refractivity contribution in [3.05, 3.63) is 75.3 Å². The van der Waals surface area contributed by atoms with E-state index >= 15 is 0 Å². The number of hydrogen-bond acceptors (Lipinski definition) is 2. The molecule has 0 aromatic heterocycles. The van der Waals surface area contributed by atoms with Gasteiger partial charge in [-0.1, -0.05) is 47.5 Å². The van der Waals surface area contributed by atoms with Crippen molar-refractivity contribution >= 4 is 40.9 Å². The van der Waals surface area contributed by atoms with Gasteiger partial charge in [0.2, 0.25) is 5.91 Å². The maximum absolute atomic E-state index is 12.3. The van der Waals surface area contributed by atoms with Crippen LogP contribution in [0, 0.1) is 5.92 Å². The lowest BCUT2D eigenvalue weighted by atomic mass is 9.77. The molecule has 4 rings (SSSR count). The van der Waals surface area contributed by atoms with E-state index in [0.717, 1.165) is 41.1 Å². The van der Waals surface area contributed by atoms with Gasteiger partial charge >= 0.3 is 0 Å². The zero-order valence-corrected chi connectivity index (χ0v) is 16.5. The number of rotatable bonds is 2. The van der Waals surface area contributed by atoms with Crippen LogP contribution in [0.2, 0.25) is 10.0 Å². The van der Waals surface area contributed by atoms with E-state index in [2.05, 4.69) is 6.08 Å². The van der Waals surface area contributed by atoms with Gasteiger partial charge in [0.05, 0.1) is 11.8 Å². The zero-order chi connectivity index (χ0) is 19.0. The molecule has 5 heteroatoms. The largest absolute Gasteiger partial charge is 0.273 e. The summed E-state index contributed by atoms with van der Waals surface area (Å²) in [4.78, 5) is 12.3. The molecule has 2 aliphatic rings. The van der Waals surface area contributed by atoms with E-state index in [9.17, 15) is 4.79 Å². The van der Waals surface area contributed by atoms with Gasteiger partial charge in [0, 0.05) is 22.9 Å². The standard InChI is InChI=1S/C22H20Cl2N2O/c1-14(27)26-22(16-7-11-19(24)12-8-16)20-4-2-3-17(21(20)25-26)13-15-5-9-18(23)10-6-15/h5-13,20,22H,2-4H2,1H3/b17-13-.